The van der Waals surface area contributed by atoms with E-state index in [1.54, 1.807) is 6.92 Å². The number of nitrogens with one attached hydrogen (secondary N) is 1. The fraction of sp³-hybridized carbons (Fsp3) is 0.500. The minimum absolute atomic E-state index is 0.165. The van der Waals surface area contributed by atoms with E-state index in [1.165, 1.54) is 0 Å². The third kappa shape index (κ3) is 4.51. The number of hydrogen-bond acceptors (Lipinski definition) is 1. The molecule has 0 heterocycles. The standard InChI is InChI=1S/C14H17F4NO/c1-8(2)6-9(3)19-13(20)10-4-5-12(15)11(7-10)14(16,17)18/h4-5,7-9H,6H2,1-3H3,(H,19,20). The fourth-order valence-electron chi connectivity index (χ4n) is 1.96. The molecule has 0 radical (unpaired) electrons. The van der Waals surface area contributed by atoms with Crippen molar-refractivity contribution in [1.29, 1.82) is 0 Å². The molecule has 20 heavy (non-hydrogen) atoms. The van der Waals surface area contributed by atoms with Crippen molar-refractivity contribution in [3.63, 3.8) is 0 Å². The minimum Gasteiger partial charge on any atom is -0.350 e. The van der Waals surface area contributed by atoms with Crippen molar-refractivity contribution in [1.82, 2.24) is 5.32 Å². The Morgan fingerprint density at radius 1 is 1.25 bits per heavy atom. The molecule has 1 amide bonds. The maximum Gasteiger partial charge on any atom is 0.419 e. The Morgan fingerprint density at radius 2 is 1.85 bits per heavy atom. The van der Waals surface area contributed by atoms with Gasteiger partial charge in [0.05, 0.1) is 5.56 Å². The van der Waals surface area contributed by atoms with Crippen molar-refractivity contribution in [2.45, 2.75) is 39.4 Å². The maximum absolute atomic E-state index is 13.1. The zero-order chi connectivity index (χ0) is 15.5. The molecule has 0 aliphatic heterocycles. The molecule has 1 rings (SSSR count). The van der Waals surface area contributed by atoms with E-state index in [9.17, 15) is 22.4 Å². The molecule has 1 unspecified atom stereocenters. The topological polar surface area (TPSA) is 29.1 Å². The third-order valence-corrected chi connectivity index (χ3v) is 2.74. The summed E-state index contributed by atoms with van der Waals surface area (Å²) < 4.78 is 50.8. The van der Waals surface area contributed by atoms with E-state index in [0.29, 0.717) is 24.5 Å². The van der Waals surface area contributed by atoms with E-state index < -0.39 is 23.5 Å². The maximum atomic E-state index is 13.1. The number of halogens is 4. The van der Waals surface area contributed by atoms with Crippen LogP contribution in [0.15, 0.2) is 18.2 Å². The van der Waals surface area contributed by atoms with Gasteiger partial charge in [-0.05, 0) is 37.5 Å². The van der Waals surface area contributed by atoms with Crippen LogP contribution in [-0.2, 0) is 6.18 Å². The van der Waals surface area contributed by atoms with Crippen molar-refractivity contribution in [3.8, 4) is 0 Å². The van der Waals surface area contributed by atoms with Crippen molar-refractivity contribution in [3.05, 3.63) is 35.1 Å². The lowest BCUT2D eigenvalue weighted by molar-refractivity contribution is -0.140. The van der Waals surface area contributed by atoms with Crippen LogP contribution in [0.2, 0.25) is 0 Å². The molecule has 1 atom stereocenters. The van der Waals surface area contributed by atoms with Gasteiger partial charge in [-0.3, -0.25) is 4.79 Å². The second kappa shape index (κ2) is 6.24. The first-order valence-corrected chi connectivity index (χ1v) is 6.29. The molecule has 0 fully saturated rings. The van der Waals surface area contributed by atoms with Gasteiger partial charge in [0.15, 0.2) is 0 Å². The second-order valence-corrected chi connectivity index (χ2v) is 5.20. The van der Waals surface area contributed by atoms with Crippen LogP contribution < -0.4 is 5.32 Å². The Balaban J connectivity index is 2.89. The molecule has 6 heteroatoms. The Hall–Kier alpha value is -1.59. The van der Waals surface area contributed by atoms with Gasteiger partial charge in [-0.25, -0.2) is 4.39 Å². The van der Waals surface area contributed by atoms with E-state index in [-0.39, 0.29) is 11.6 Å². The molecule has 0 bridgehead atoms. The minimum atomic E-state index is -4.82. The molecule has 1 aromatic rings. The summed E-state index contributed by atoms with van der Waals surface area (Å²) in [5, 5.41) is 2.60. The molecular formula is C14H17F4NO. The van der Waals surface area contributed by atoms with Gasteiger partial charge in [0.2, 0.25) is 0 Å². The number of alkyl halides is 3. The van der Waals surface area contributed by atoms with E-state index in [0.717, 1.165) is 6.07 Å². The summed E-state index contributed by atoms with van der Waals surface area (Å²) in [6.07, 6.45) is -4.11. The Labute approximate surface area is 115 Å². The van der Waals surface area contributed by atoms with Crippen LogP contribution >= 0.6 is 0 Å². The molecule has 112 valence electrons. The van der Waals surface area contributed by atoms with Crippen LogP contribution in [0, 0.1) is 11.7 Å². The molecule has 0 saturated carbocycles. The van der Waals surface area contributed by atoms with E-state index >= 15 is 0 Å². The zero-order valence-corrected chi connectivity index (χ0v) is 11.5. The first kappa shape index (κ1) is 16.5. The summed E-state index contributed by atoms with van der Waals surface area (Å²) in [5.74, 6) is -1.67. The smallest absolute Gasteiger partial charge is 0.350 e. The highest BCUT2D eigenvalue weighted by Crippen LogP contribution is 2.31. The van der Waals surface area contributed by atoms with Gasteiger partial charge < -0.3 is 5.32 Å². The van der Waals surface area contributed by atoms with Gasteiger partial charge in [-0.1, -0.05) is 13.8 Å². The highest BCUT2D eigenvalue weighted by Gasteiger charge is 2.34. The molecule has 0 aliphatic carbocycles. The first-order chi connectivity index (χ1) is 9.11. The Morgan fingerprint density at radius 3 is 2.35 bits per heavy atom. The number of rotatable bonds is 4. The molecule has 0 aliphatic rings. The number of carbonyl (C=O) groups excluding carboxylic acids is 1. The summed E-state index contributed by atoms with van der Waals surface area (Å²) in [6, 6.07) is 2.07. The number of hydrogen-bond donors (Lipinski definition) is 1. The normalized spacial score (nSPS) is 13.4. The van der Waals surface area contributed by atoms with Gasteiger partial charge in [-0.2, -0.15) is 13.2 Å². The number of amides is 1. The van der Waals surface area contributed by atoms with Crippen molar-refractivity contribution in [2.75, 3.05) is 0 Å². The molecule has 1 aromatic carbocycles. The van der Waals surface area contributed by atoms with E-state index in [2.05, 4.69) is 5.32 Å². The summed E-state index contributed by atoms with van der Waals surface area (Å²) in [7, 11) is 0. The SMILES string of the molecule is CC(C)CC(C)NC(=O)c1ccc(F)c(C(F)(F)F)c1. The lowest BCUT2D eigenvalue weighted by atomic mass is 10.0. The zero-order valence-electron chi connectivity index (χ0n) is 11.5. The van der Waals surface area contributed by atoms with Crippen LogP contribution in [0.4, 0.5) is 17.6 Å². The fourth-order valence-corrected chi connectivity index (χ4v) is 1.96. The van der Waals surface area contributed by atoms with Crippen LogP contribution in [0.25, 0.3) is 0 Å². The predicted octanol–water partition coefficient (Wildman–Crippen LogP) is 4.01. The van der Waals surface area contributed by atoms with Crippen LogP contribution in [0.1, 0.15) is 43.1 Å². The molecule has 0 saturated heterocycles. The summed E-state index contributed by atoms with van der Waals surface area (Å²) in [6.45, 7) is 5.72. The average molecular weight is 291 g/mol. The molecule has 1 N–H and O–H groups in total. The molecular weight excluding hydrogens is 274 g/mol. The van der Waals surface area contributed by atoms with Gasteiger partial charge >= 0.3 is 6.18 Å². The molecule has 0 aromatic heterocycles. The van der Waals surface area contributed by atoms with Crippen molar-refractivity contribution in [2.24, 2.45) is 5.92 Å². The molecule has 2 nitrogen and oxygen atoms in total. The Bertz CT molecular complexity index is 483. The molecule has 0 spiro atoms. The van der Waals surface area contributed by atoms with Gasteiger partial charge in [0, 0.05) is 11.6 Å². The predicted molar refractivity (Wildman–Crippen MR) is 67.8 cm³/mol. The monoisotopic (exact) mass is 291 g/mol. The second-order valence-electron chi connectivity index (χ2n) is 5.20. The van der Waals surface area contributed by atoms with Gasteiger partial charge in [-0.15, -0.1) is 0 Å². The van der Waals surface area contributed by atoms with E-state index in [4.69, 9.17) is 0 Å². The first-order valence-electron chi connectivity index (χ1n) is 6.29. The Kier molecular flexibility index (Phi) is 5.14. The highest BCUT2D eigenvalue weighted by molar-refractivity contribution is 5.94. The lowest BCUT2D eigenvalue weighted by Crippen LogP contribution is -2.33. The van der Waals surface area contributed by atoms with Crippen LogP contribution in [-0.4, -0.2) is 11.9 Å². The summed E-state index contributed by atoms with van der Waals surface area (Å²) in [5.41, 5.74) is -1.63. The quantitative estimate of drug-likeness (QED) is 0.834. The van der Waals surface area contributed by atoms with Gasteiger partial charge in [0.25, 0.3) is 5.91 Å². The third-order valence-electron chi connectivity index (χ3n) is 2.74. The summed E-state index contributed by atoms with van der Waals surface area (Å²) >= 11 is 0. The number of benzene rings is 1. The van der Waals surface area contributed by atoms with Crippen LogP contribution in [0.3, 0.4) is 0 Å². The number of carbonyl (C=O) groups is 1. The largest absolute Gasteiger partial charge is 0.419 e. The van der Waals surface area contributed by atoms with Crippen molar-refractivity contribution < 1.29 is 22.4 Å². The van der Waals surface area contributed by atoms with E-state index in [1.807, 2.05) is 13.8 Å². The highest BCUT2D eigenvalue weighted by atomic mass is 19.4. The average Bonchev–Trinajstić information content (AvgIpc) is 2.26. The summed E-state index contributed by atoms with van der Waals surface area (Å²) in [4.78, 5) is 11.8. The van der Waals surface area contributed by atoms with Crippen molar-refractivity contribution >= 4 is 5.91 Å². The lowest BCUT2D eigenvalue weighted by Gasteiger charge is -2.16. The van der Waals surface area contributed by atoms with Gasteiger partial charge in [0.1, 0.15) is 5.82 Å². The van der Waals surface area contributed by atoms with Crippen LogP contribution in [0.5, 0.6) is 0 Å².